The number of hydrogen-bond donors (Lipinski definition) is 3. The molecule has 1 fully saturated rings. The fourth-order valence-electron chi connectivity index (χ4n) is 2.59. The number of nitrogens with one attached hydrogen (secondary N) is 1. The van der Waals surface area contributed by atoms with Gasteiger partial charge in [-0.15, -0.1) is 0 Å². The van der Waals surface area contributed by atoms with E-state index in [-0.39, 0.29) is 18.9 Å². The highest BCUT2D eigenvalue weighted by Gasteiger charge is 2.42. The molecule has 4 atom stereocenters. The van der Waals surface area contributed by atoms with Crippen molar-refractivity contribution in [2.45, 2.75) is 71.2 Å². The van der Waals surface area contributed by atoms with Crippen LogP contribution in [0.15, 0.2) is 0 Å². The predicted octanol–water partition coefficient (Wildman–Crippen LogP) is 0.972. The van der Waals surface area contributed by atoms with E-state index in [4.69, 9.17) is 4.74 Å². The Balaban J connectivity index is 2.93. The van der Waals surface area contributed by atoms with Gasteiger partial charge in [0.05, 0.1) is 6.10 Å². The first-order valence-electron chi connectivity index (χ1n) is 8.17. The second kappa shape index (κ2) is 7.83. The lowest BCUT2D eigenvalue weighted by molar-refractivity contribution is -0.149. The third-order valence-electron chi connectivity index (χ3n) is 4.00. The topological polar surface area (TPSA) is 116 Å². The summed E-state index contributed by atoms with van der Waals surface area (Å²) >= 11 is 0. The molecule has 0 unspecified atom stereocenters. The van der Waals surface area contributed by atoms with Gasteiger partial charge in [0.25, 0.3) is 0 Å². The maximum atomic E-state index is 12.8. The molecule has 1 heterocycles. The Labute approximate surface area is 142 Å². The highest BCUT2D eigenvalue weighted by molar-refractivity contribution is 5.90. The Morgan fingerprint density at radius 2 is 1.92 bits per heavy atom. The van der Waals surface area contributed by atoms with Crippen LogP contribution in [-0.4, -0.2) is 63.4 Å². The zero-order valence-electron chi connectivity index (χ0n) is 14.9. The number of aliphatic hydroxyl groups excluding tert-OH is 1. The molecule has 0 radical (unpaired) electrons. The number of alkyl carbamates (subject to hydrolysis) is 1. The molecule has 0 aliphatic carbocycles. The fraction of sp³-hybridized carbons (Fsp3) is 0.812. The molecule has 3 N–H and O–H groups in total. The fourth-order valence-corrected chi connectivity index (χ4v) is 2.59. The van der Waals surface area contributed by atoms with Crippen LogP contribution in [0.5, 0.6) is 0 Å². The lowest BCUT2D eigenvalue weighted by atomic mass is 9.97. The van der Waals surface area contributed by atoms with Crippen LogP contribution < -0.4 is 5.32 Å². The summed E-state index contributed by atoms with van der Waals surface area (Å²) in [5, 5.41) is 21.5. The molecule has 0 aromatic carbocycles. The molecule has 0 aromatic rings. The van der Waals surface area contributed by atoms with Crippen LogP contribution in [0, 0.1) is 5.92 Å². The smallest absolute Gasteiger partial charge is 0.408 e. The van der Waals surface area contributed by atoms with Gasteiger partial charge in [0.1, 0.15) is 17.7 Å². The number of rotatable bonds is 5. The Morgan fingerprint density at radius 3 is 2.38 bits per heavy atom. The summed E-state index contributed by atoms with van der Waals surface area (Å²) in [5.74, 6) is -1.89. The first-order valence-corrected chi connectivity index (χ1v) is 8.17. The van der Waals surface area contributed by atoms with Gasteiger partial charge in [0.2, 0.25) is 5.91 Å². The quantitative estimate of drug-likeness (QED) is 0.684. The number of carbonyl (C=O) groups excluding carboxylic acids is 2. The second-order valence-electron chi connectivity index (χ2n) is 7.24. The van der Waals surface area contributed by atoms with Crippen LogP contribution in [-0.2, 0) is 14.3 Å². The number of carboxylic acid groups (broad SMARTS) is 1. The molecule has 0 bridgehead atoms. The maximum Gasteiger partial charge on any atom is 0.408 e. The summed E-state index contributed by atoms with van der Waals surface area (Å²) in [5.41, 5.74) is -0.708. The minimum Gasteiger partial charge on any atom is -0.480 e. The molecule has 8 nitrogen and oxygen atoms in total. The zero-order chi connectivity index (χ0) is 18.7. The number of carboxylic acids is 1. The minimum atomic E-state index is -1.17. The maximum absolute atomic E-state index is 12.8. The van der Waals surface area contributed by atoms with Gasteiger partial charge in [-0.2, -0.15) is 0 Å². The van der Waals surface area contributed by atoms with Crippen molar-refractivity contribution >= 4 is 18.0 Å². The summed E-state index contributed by atoms with van der Waals surface area (Å²) in [4.78, 5) is 37.3. The van der Waals surface area contributed by atoms with E-state index in [0.717, 1.165) is 4.90 Å². The first kappa shape index (κ1) is 20.2. The number of hydrogen-bond acceptors (Lipinski definition) is 5. The highest BCUT2D eigenvalue weighted by Crippen LogP contribution is 2.22. The standard InChI is InChI=1S/C16H28N2O6/c1-6-9(2)12(17-15(23)24-16(3,4)5)13(20)18-8-10(19)7-11(18)14(21)22/h9-12,19H,6-8H2,1-5H3,(H,17,23)(H,21,22)/t9-,10+,11-,12-/m0/s1. The monoisotopic (exact) mass is 344 g/mol. The number of nitrogens with zero attached hydrogens (tertiary/aromatic N) is 1. The van der Waals surface area contributed by atoms with E-state index in [1.807, 2.05) is 6.92 Å². The van der Waals surface area contributed by atoms with Crippen LogP contribution in [0.25, 0.3) is 0 Å². The van der Waals surface area contributed by atoms with Crippen molar-refractivity contribution in [1.82, 2.24) is 10.2 Å². The SMILES string of the molecule is CC[C@H](C)[C@H](NC(=O)OC(C)(C)C)C(=O)N1C[C@H](O)C[C@H]1C(=O)O. The number of aliphatic hydroxyl groups is 1. The second-order valence-corrected chi connectivity index (χ2v) is 7.24. The van der Waals surface area contributed by atoms with Crippen molar-refractivity contribution in [1.29, 1.82) is 0 Å². The summed E-state index contributed by atoms with van der Waals surface area (Å²) in [6.45, 7) is 8.74. The van der Waals surface area contributed by atoms with Gasteiger partial charge in [0, 0.05) is 13.0 Å². The van der Waals surface area contributed by atoms with E-state index >= 15 is 0 Å². The van der Waals surface area contributed by atoms with Gasteiger partial charge >= 0.3 is 12.1 Å². The largest absolute Gasteiger partial charge is 0.480 e. The third-order valence-corrected chi connectivity index (χ3v) is 4.00. The number of aliphatic carboxylic acids is 1. The average Bonchev–Trinajstić information content (AvgIpc) is 2.83. The van der Waals surface area contributed by atoms with E-state index in [1.165, 1.54) is 0 Å². The summed E-state index contributed by atoms with van der Waals surface area (Å²) < 4.78 is 5.18. The lowest BCUT2D eigenvalue weighted by Crippen LogP contribution is -2.54. The normalized spacial score (nSPS) is 23.5. The van der Waals surface area contributed by atoms with Crippen LogP contribution in [0.2, 0.25) is 0 Å². The summed E-state index contributed by atoms with van der Waals surface area (Å²) in [7, 11) is 0. The van der Waals surface area contributed by atoms with E-state index < -0.39 is 41.8 Å². The molecule has 0 saturated carbocycles. The van der Waals surface area contributed by atoms with Crippen molar-refractivity contribution in [2.24, 2.45) is 5.92 Å². The molecule has 8 heteroatoms. The molecule has 0 spiro atoms. The van der Waals surface area contributed by atoms with Crippen LogP contribution >= 0.6 is 0 Å². The van der Waals surface area contributed by atoms with Gasteiger partial charge < -0.3 is 25.2 Å². The van der Waals surface area contributed by atoms with E-state index in [9.17, 15) is 24.6 Å². The molecule has 0 aromatic heterocycles. The van der Waals surface area contributed by atoms with Gasteiger partial charge in [-0.25, -0.2) is 9.59 Å². The zero-order valence-corrected chi connectivity index (χ0v) is 14.9. The number of likely N-dealkylation sites (tertiary alicyclic amines) is 1. The molecule has 24 heavy (non-hydrogen) atoms. The molecule has 138 valence electrons. The highest BCUT2D eigenvalue weighted by atomic mass is 16.6. The lowest BCUT2D eigenvalue weighted by Gasteiger charge is -2.31. The minimum absolute atomic E-state index is 0.0132. The van der Waals surface area contributed by atoms with E-state index in [0.29, 0.717) is 6.42 Å². The molecular formula is C16H28N2O6. The average molecular weight is 344 g/mol. The number of ether oxygens (including phenoxy) is 1. The molecule has 2 amide bonds. The van der Waals surface area contributed by atoms with E-state index in [1.54, 1.807) is 27.7 Å². The van der Waals surface area contributed by atoms with Crippen molar-refractivity contribution in [3.05, 3.63) is 0 Å². The van der Waals surface area contributed by atoms with Gasteiger partial charge in [-0.05, 0) is 26.7 Å². The van der Waals surface area contributed by atoms with Gasteiger partial charge in [0.15, 0.2) is 0 Å². The summed E-state index contributed by atoms with van der Waals surface area (Å²) in [6.07, 6.45) is -1.01. The first-order chi connectivity index (χ1) is 11.0. The number of carbonyl (C=O) groups is 3. The molecule has 1 saturated heterocycles. The van der Waals surface area contributed by atoms with Crippen molar-refractivity contribution in [3.63, 3.8) is 0 Å². The third kappa shape index (κ3) is 5.36. The number of amides is 2. The van der Waals surface area contributed by atoms with Gasteiger partial charge in [-0.1, -0.05) is 20.3 Å². The molecular weight excluding hydrogens is 316 g/mol. The molecule has 1 rings (SSSR count). The summed E-state index contributed by atoms with van der Waals surface area (Å²) in [6, 6.07) is -1.99. The Hall–Kier alpha value is -1.83. The van der Waals surface area contributed by atoms with Crippen molar-refractivity contribution in [3.8, 4) is 0 Å². The van der Waals surface area contributed by atoms with E-state index in [2.05, 4.69) is 5.32 Å². The van der Waals surface area contributed by atoms with Crippen LogP contribution in [0.1, 0.15) is 47.5 Å². The Kier molecular flexibility index (Phi) is 6.59. The Bertz CT molecular complexity index is 487. The van der Waals surface area contributed by atoms with Crippen LogP contribution in [0.4, 0.5) is 4.79 Å². The van der Waals surface area contributed by atoms with Crippen molar-refractivity contribution in [2.75, 3.05) is 6.54 Å². The van der Waals surface area contributed by atoms with Crippen LogP contribution in [0.3, 0.4) is 0 Å². The molecule has 1 aliphatic rings. The Morgan fingerprint density at radius 1 is 1.33 bits per heavy atom. The molecule has 1 aliphatic heterocycles. The number of β-amino-alcohol motifs (C(OH)–C–C–N with tert-alkyl or cyclic N) is 1. The predicted molar refractivity (Wildman–Crippen MR) is 86.4 cm³/mol. The van der Waals surface area contributed by atoms with Gasteiger partial charge in [-0.3, -0.25) is 4.79 Å². The van der Waals surface area contributed by atoms with Crippen molar-refractivity contribution < 1.29 is 29.3 Å².